The van der Waals surface area contributed by atoms with Crippen molar-refractivity contribution < 1.29 is 14.6 Å². The van der Waals surface area contributed by atoms with E-state index >= 15 is 0 Å². The Hall–Kier alpha value is -2.41. The molecule has 1 aromatic heterocycles. The fraction of sp³-hybridized carbons (Fsp3) is 0.471. The van der Waals surface area contributed by atoms with E-state index in [1.807, 2.05) is 31.2 Å². The average Bonchev–Trinajstić information content (AvgIpc) is 2.60. The second kappa shape index (κ2) is 7.44. The summed E-state index contributed by atoms with van der Waals surface area (Å²) in [5.41, 5.74) is 1.59. The highest BCUT2D eigenvalue weighted by atomic mass is 16.5. The fourth-order valence-corrected chi connectivity index (χ4v) is 2.87. The average molecular weight is 330 g/mol. The van der Waals surface area contributed by atoms with Crippen molar-refractivity contribution in [2.75, 3.05) is 49.2 Å². The zero-order chi connectivity index (χ0) is 16.9. The van der Waals surface area contributed by atoms with Crippen LogP contribution in [0.4, 0.5) is 11.6 Å². The van der Waals surface area contributed by atoms with Gasteiger partial charge in [0.15, 0.2) is 11.6 Å². The molecule has 128 valence electrons. The lowest BCUT2D eigenvalue weighted by atomic mass is 10.2. The van der Waals surface area contributed by atoms with Gasteiger partial charge in [-0.25, -0.2) is 9.97 Å². The predicted octanol–water partition coefficient (Wildman–Crippen LogP) is 1.77. The highest BCUT2D eigenvalue weighted by Gasteiger charge is 2.23. The minimum absolute atomic E-state index is 0.0851. The number of para-hydroxylation sites is 2. The third-order valence-corrected chi connectivity index (χ3v) is 3.96. The van der Waals surface area contributed by atoms with Crippen molar-refractivity contribution in [2.45, 2.75) is 13.3 Å². The number of carbonyl (C=O) groups is 1. The molecule has 1 N–H and O–H groups in total. The van der Waals surface area contributed by atoms with Crippen LogP contribution < -0.4 is 9.80 Å². The first-order chi connectivity index (χ1) is 11.7. The molecule has 1 fully saturated rings. The van der Waals surface area contributed by atoms with Gasteiger partial charge in [-0.3, -0.25) is 4.79 Å². The molecule has 1 aliphatic rings. The van der Waals surface area contributed by atoms with Crippen molar-refractivity contribution in [1.29, 1.82) is 0 Å². The third kappa shape index (κ3) is 3.56. The third-order valence-electron chi connectivity index (χ3n) is 3.96. The van der Waals surface area contributed by atoms with Crippen molar-refractivity contribution in [2.24, 2.45) is 0 Å². The Morgan fingerprint density at radius 3 is 2.54 bits per heavy atom. The van der Waals surface area contributed by atoms with Gasteiger partial charge in [0.2, 0.25) is 0 Å². The number of nitrogens with zero attached hydrogens (tertiary/aromatic N) is 4. The second-order valence-corrected chi connectivity index (χ2v) is 5.77. The van der Waals surface area contributed by atoms with Crippen LogP contribution >= 0.6 is 0 Å². The number of hydrogen-bond donors (Lipinski definition) is 1. The molecule has 0 aliphatic carbocycles. The predicted molar refractivity (Wildman–Crippen MR) is 92.7 cm³/mol. The van der Waals surface area contributed by atoms with Crippen molar-refractivity contribution >= 4 is 28.6 Å². The monoisotopic (exact) mass is 330 g/mol. The second-order valence-electron chi connectivity index (χ2n) is 5.77. The number of morpholine rings is 1. The summed E-state index contributed by atoms with van der Waals surface area (Å²) in [5.74, 6) is 0.512. The van der Waals surface area contributed by atoms with Gasteiger partial charge >= 0.3 is 5.97 Å². The van der Waals surface area contributed by atoms with Gasteiger partial charge in [-0.05, 0) is 18.6 Å². The molecular formula is C17H22N4O3. The molecule has 24 heavy (non-hydrogen) atoms. The number of benzene rings is 1. The molecule has 0 amide bonds. The number of hydrogen-bond acceptors (Lipinski definition) is 6. The summed E-state index contributed by atoms with van der Waals surface area (Å²) in [7, 11) is 0. The van der Waals surface area contributed by atoms with Crippen LogP contribution in [0.3, 0.4) is 0 Å². The lowest BCUT2D eigenvalue weighted by molar-refractivity contribution is -0.135. The molecule has 1 saturated heterocycles. The van der Waals surface area contributed by atoms with Gasteiger partial charge < -0.3 is 19.6 Å². The molecule has 0 bridgehead atoms. The molecule has 3 rings (SSSR count). The molecular weight excluding hydrogens is 308 g/mol. The van der Waals surface area contributed by atoms with Crippen LogP contribution in [0.25, 0.3) is 11.0 Å². The Balaban J connectivity index is 2.08. The first kappa shape index (κ1) is 16.4. The Morgan fingerprint density at radius 1 is 1.25 bits per heavy atom. The molecule has 0 unspecified atom stereocenters. The highest BCUT2D eigenvalue weighted by molar-refractivity contribution is 5.83. The van der Waals surface area contributed by atoms with Gasteiger partial charge in [-0.1, -0.05) is 19.1 Å². The minimum Gasteiger partial charge on any atom is -0.480 e. The van der Waals surface area contributed by atoms with E-state index in [9.17, 15) is 9.90 Å². The van der Waals surface area contributed by atoms with Crippen LogP contribution in [-0.2, 0) is 9.53 Å². The summed E-state index contributed by atoms with van der Waals surface area (Å²) in [4.78, 5) is 24.7. The number of fused-ring (bicyclic) bond motifs is 1. The summed E-state index contributed by atoms with van der Waals surface area (Å²) < 4.78 is 5.42. The van der Waals surface area contributed by atoms with Crippen LogP contribution in [-0.4, -0.2) is 60.4 Å². The molecule has 2 heterocycles. The number of rotatable bonds is 6. The fourth-order valence-electron chi connectivity index (χ4n) is 2.87. The molecule has 0 atom stereocenters. The maximum atomic E-state index is 11.3. The first-order valence-electron chi connectivity index (χ1n) is 8.25. The highest BCUT2D eigenvalue weighted by Crippen LogP contribution is 2.29. The number of carboxylic acids is 1. The lowest BCUT2D eigenvalue weighted by Crippen LogP contribution is -2.39. The summed E-state index contributed by atoms with van der Waals surface area (Å²) >= 11 is 0. The zero-order valence-corrected chi connectivity index (χ0v) is 13.8. The van der Waals surface area contributed by atoms with E-state index < -0.39 is 5.97 Å². The van der Waals surface area contributed by atoms with E-state index in [4.69, 9.17) is 14.7 Å². The Kier molecular flexibility index (Phi) is 5.10. The topological polar surface area (TPSA) is 78.8 Å². The van der Waals surface area contributed by atoms with Gasteiger partial charge in [-0.2, -0.15) is 0 Å². The standard InChI is InChI=1S/C17H22N4O3/c1-2-7-21(12-15(22)23)17-16(20-8-10-24-11-9-20)18-13-5-3-4-6-14(13)19-17/h3-6H,2,7-12H2,1H3,(H,22,23). The van der Waals surface area contributed by atoms with Crippen LogP contribution in [0.1, 0.15) is 13.3 Å². The van der Waals surface area contributed by atoms with Crippen molar-refractivity contribution in [3.63, 3.8) is 0 Å². The Labute approximate surface area is 140 Å². The normalized spacial score (nSPS) is 14.8. The van der Waals surface area contributed by atoms with Crippen LogP contribution in [0.2, 0.25) is 0 Å². The molecule has 2 aromatic rings. The van der Waals surface area contributed by atoms with Crippen molar-refractivity contribution in [1.82, 2.24) is 9.97 Å². The molecule has 7 nitrogen and oxygen atoms in total. The molecule has 1 aliphatic heterocycles. The van der Waals surface area contributed by atoms with Crippen LogP contribution in [0.5, 0.6) is 0 Å². The number of aromatic nitrogens is 2. The molecule has 0 saturated carbocycles. The maximum absolute atomic E-state index is 11.3. The van der Waals surface area contributed by atoms with E-state index in [0.717, 1.165) is 36.4 Å². The zero-order valence-electron chi connectivity index (χ0n) is 13.8. The minimum atomic E-state index is -0.869. The lowest BCUT2D eigenvalue weighted by Gasteiger charge is -2.32. The van der Waals surface area contributed by atoms with Gasteiger partial charge in [-0.15, -0.1) is 0 Å². The van der Waals surface area contributed by atoms with E-state index in [1.54, 1.807) is 4.90 Å². The maximum Gasteiger partial charge on any atom is 0.323 e. The molecule has 7 heteroatoms. The Morgan fingerprint density at radius 2 is 1.92 bits per heavy atom. The van der Waals surface area contributed by atoms with E-state index in [2.05, 4.69) is 4.90 Å². The summed E-state index contributed by atoms with van der Waals surface area (Å²) in [6.45, 7) is 5.30. The summed E-state index contributed by atoms with van der Waals surface area (Å²) in [5, 5.41) is 9.26. The van der Waals surface area contributed by atoms with Crippen molar-refractivity contribution in [3.8, 4) is 0 Å². The number of carboxylic acid groups (broad SMARTS) is 1. The molecule has 0 radical (unpaired) electrons. The SMILES string of the molecule is CCCN(CC(=O)O)c1nc2ccccc2nc1N1CCOCC1. The quantitative estimate of drug-likeness (QED) is 0.864. The summed E-state index contributed by atoms with van der Waals surface area (Å²) in [6, 6.07) is 7.68. The summed E-state index contributed by atoms with van der Waals surface area (Å²) in [6.07, 6.45) is 0.838. The number of aliphatic carboxylic acids is 1. The molecule has 0 spiro atoms. The number of anilines is 2. The first-order valence-corrected chi connectivity index (χ1v) is 8.25. The van der Waals surface area contributed by atoms with Gasteiger partial charge in [0, 0.05) is 19.6 Å². The largest absolute Gasteiger partial charge is 0.480 e. The van der Waals surface area contributed by atoms with Crippen molar-refractivity contribution in [3.05, 3.63) is 24.3 Å². The van der Waals surface area contributed by atoms with E-state index in [0.29, 0.717) is 25.6 Å². The van der Waals surface area contributed by atoms with Crippen LogP contribution in [0.15, 0.2) is 24.3 Å². The van der Waals surface area contributed by atoms with Gasteiger partial charge in [0.05, 0.1) is 24.2 Å². The van der Waals surface area contributed by atoms with Gasteiger partial charge in [0.25, 0.3) is 0 Å². The smallest absolute Gasteiger partial charge is 0.323 e. The van der Waals surface area contributed by atoms with Crippen LogP contribution in [0, 0.1) is 0 Å². The van der Waals surface area contributed by atoms with Gasteiger partial charge in [0.1, 0.15) is 6.54 Å². The van der Waals surface area contributed by atoms with E-state index in [-0.39, 0.29) is 6.54 Å². The number of ether oxygens (including phenoxy) is 1. The van der Waals surface area contributed by atoms with E-state index in [1.165, 1.54) is 0 Å². The Bertz CT molecular complexity index is 716. The molecule has 1 aromatic carbocycles.